The fourth-order valence-electron chi connectivity index (χ4n) is 2.21. The lowest BCUT2D eigenvalue weighted by Gasteiger charge is -2.19. The number of amides is 1. The summed E-state index contributed by atoms with van der Waals surface area (Å²) in [4.78, 5) is 22.3. The van der Waals surface area contributed by atoms with Crippen molar-refractivity contribution in [2.75, 3.05) is 12.3 Å². The second kappa shape index (κ2) is 9.10. The number of thioether (sulfide) groups is 1. The van der Waals surface area contributed by atoms with E-state index in [1.54, 1.807) is 11.8 Å². The summed E-state index contributed by atoms with van der Waals surface area (Å²) in [7, 11) is 0. The molecule has 24 heavy (non-hydrogen) atoms. The van der Waals surface area contributed by atoms with Gasteiger partial charge in [-0.2, -0.15) is 0 Å². The number of nitrogens with two attached hydrogens (primary N) is 1. The highest BCUT2D eigenvalue weighted by Gasteiger charge is 2.19. The molecular formula is C18H20N2O3S. The molecule has 2 rings (SSSR count). The van der Waals surface area contributed by atoms with Gasteiger partial charge in [-0.05, 0) is 11.1 Å². The first-order chi connectivity index (χ1) is 11.6. The van der Waals surface area contributed by atoms with Gasteiger partial charge in [0.1, 0.15) is 6.54 Å². The van der Waals surface area contributed by atoms with Gasteiger partial charge in [-0.1, -0.05) is 60.7 Å². The fourth-order valence-corrected chi connectivity index (χ4v) is 3.46. The summed E-state index contributed by atoms with van der Waals surface area (Å²) in [5.41, 5.74) is 8.14. The predicted molar refractivity (Wildman–Crippen MR) is 95.8 cm³/mol. The Morgan fingerprint density at radius 3 is 1.96 bits per heavy atom. The number of carbonyl (C=O) groups excluding carboxylic acids is 1. The minimum atomic E-state index is -1.09. The second-order valence-electron chi connectivity index (χ2n) is 5.25. The van der Waals surface area contributed by atoms with E-state index in [1.165, 1.54) is 0 Å². The van der Waals surface area contributed by atoms with Crippen molar-refractivity contribution in [3.8, 4) is 0 Å². The zero-order chi connectivity index (χ0) is 17.4. The highest BCUT2D eigenvalue weighted by Crippen LogP contribution is 2.35. The lowest BCUT2D eigenvalue weighted by molar-refractivity contribution is -0.138. The number of carboxylic acids is 1. The summed E-state index contributed by atoms with van der Waals surface area (Å²) in [5, 5.41) is 11.0. The molecule has 1 atom stereocenters. The van der Waals surface area contributed by atoms with Gasteiger partial charge in [-0.15, -0.1) is 11.8 Å². The first kappa shape index (κ1) is 18.0. The molecule has 0 fully saturated rings. The van der Waals surface area contributed by atoms with E-state index in [1.807, 2.05) is 60.7 Å². The first-order valence-corrected chi connectivity index (χ1v) is 8.59. The molecule has 0 radical (unpaired) electrons. The van der Waals surface area contributed by atoms with E-state index in [0.717, 1.165) is 11.1 Å². The Hall–Kier alpha value is -2.31. The first-order valence-electron chi connectivity index (χ1n) is 7.54. The summed E-state index contributed by atoms with van der Waals surface area (Å²) in [6, 6.07) is 19.2. The van der Waals surface area contributed by atoms with Crippen LogP contribution in [0.4, 0.5) is 0 Å². The molecule has 2 aromatic rings. The van der Waals surface area contributed by atoms with Gasteiger partial charge in [0.05, 0.1) is 11.3 Å². The van der Waals surface area contributed by atoms with Gasteiger partial charge in [-0.25, -0.2) is 0 Å². The molecule has 0 spiro atoms. The van der Waals surface area contributed by atoms with Crippen molar-refractivity contribution < 1.29 is 14.7 Å². The molecule has 0 aliphatic rings. The molecule has 0 aromatic heterocycles. The van der Waals surface area contributed by atoms with Gasteiger partial charge < -0.3 is 16.2 Å². The van der Waals surface area contributed by atoms with E-state index in [9.17, 15) is 9.59 Å². The van der Waals surface area contributed by atoms with E-state index in [0.29, 0.717) is 5.75 Å². The molecule has 0 saturated heterocycles. The maximum atomic E-state index is 11.8. The van der Waals surface area contributed by atoms with Crippen molar-refractivity contribution in [3.63, 3.8) is 0 Å². The number of carboxylic acid groups (broad SMARTS) is 1. The SMILES string of the molecule is NC(CSC(c1ccccc1)c1ccccc1)C(=O)NCC(=O)O. The molecule has 5 nitrogen and oxygen atoms in total. The highest BCUT2D eigenvalue weighted by atomic mass is 32.2. The van der Waals surface area contributed by atoms with Crippen LogP contribution in [-0.2, 0) is 9.59 Å². The fraction of sp³-hybridized carbons (Fsp3) is 0.222. The second-order valence-corrected chi connectivity index (χ2v) is 6.39. The van der Waals surface area contributed by atoms with E-state index >= 15 is 0 Å². The van der Waals surface area contributed by atoms with Crippen LogP contribution in [-0.4, -0.2) is 35.3 Å². The Morgan fingerprint density at radius 1 is 1.00 bits per heavy atom. The molecule has 0 heterocycles. The Balaban J connectivity index is 2.04. The molecule has 2 aromatic carbocycles. The summed E-state index contributed by atoms with van der Waals surface area (Å²) in [6.07, 6.45) is 0. The van der Waals surface area contributed by atoms with Crippen LogP contribution in [0, 0.1) is 0 Å². The molecular weight excluding hydrogens is 324 g/mol. The molecule has 0 aliphatic heterocycles. The van der Waals surface area contributed by atoms with Crippen molar-refractivity contribution in [2.24, 2.45) is 5.73 Å². The zero-order valence-corrected chi connectivity index (χ0v) is 13.9. The normalized spacial score (nSPS) is 11.9. The number of hydrogen-bond donors (Lipinski definition) is 3. The Morgan fingerprint density at radius 2 is 1.50 bits per heavy atom. The minimum Gasteiger partial charge on any atom is -0.480 e. The smallest absolute Gasteiger partial charge is 0.322 e. The Labute approximate surface area is 145 Å². The van der Waals surface area contributed by atoms with Crippen LogP contribution >= 0.6 is 11.8 Å². The maximum Gasteiger partial charge on any atom is 0.322 e. The van der Waals surface area contributed by atoms with Crippen molar-refractivity contribution in [1.82, 2.24) is 5.32 Å². The number of rotatable bonds is 8. The van der Waals surface area contributed by atoms with Gasteiger partial charge in [0, 0.05) is 5.75 Å². The van der Waals surface area contributed by atoms with Crippen molar-refractivity contribution >= 4 is 23.6 Å². The largest absolute Gasteiger partial charge is 0.480 e. The van der Waals surface area contributed by atoms with Crippen molar-refractivity contribution in [1.29, 1.82) is 0 Å². The zero-order valence-electron chi connectivity index (χ0n) is 13.1. The standard InChI is InChI=1S/C18H20N2O3S/c19-15(18(23)20-11-16(21)22)12-24-17(13-7-3-1-4-8-13)14-9-5-2-6-10-14/h1-10,15,17H,11-12,19H2,(H,20,23)(H,21,22). The molecule has 126 valence electrons. The van der Waals surface area contributed by atoms with E-state index in [2.05, 4.69) is 5.32 Å². The molecule has 6 heteroatoms. The summed E-state index contributed by atoms with van der Waals surface area (Å²) < 4.78 is 0. The van der Waals surface area contributed by atoms with Gasteiger partial charge in [0.2, 0.25) is 5.91 Å². The van der Waals surface area contributed by atoms with Gasteiger partial charge >= 0.3 is 5.97 Å². The van der Waals surface area contributed by atoms with Crippen LogP contribution in [0.3, 0.4) is 0 Å². The predicted octanol–water partition coefficient (Wildman–Crippen LogP) is 2.04. The molecule has 0 saturated carbocycles. The van der Waals surface area contributed by atoms with Crippen LogP contribution < -0.4 is 11.1 Å². The number of carbonyl (C=O) groups is 2. The number of nitrogens with one attached hydrogen (secondary N) is 1. The Bertz CT molecular complexity index is 625. The third-order valence-corrected chi connectivity index (χ3v) is 4.83. The molecule has 4 N–H and O–H groups in total. The Kier molecular flexibility index (Phi) is 6.84. The maximum absolute atomic E-state index is 11.8. The van der Waals surface area contributed by atoms with Gasteiger partial charge in [-0.3, -0.25) is 9.59 Å². The summed E-state index contributed by atoms with van der Waals surface area (Å²) in [5.74, 6) is -1.15. The van der Waals surface area contributed by atoms with E-state index in [4.69, 9.17) is 10.8 Å². The third kappa shape index (κ3) is 5.40. The molecule has 1 amide bonds. The van der Waals surface area contributed by atoms with E-state index < -0.39 is 24.5 Å². The molecule has 0 aliphatic carbocycles. The average Bonchev–Trinajstić information content (AvgIpc) is 2.61. The van der Waals surface area contributed by atoms with Gasteiger partial charge in [0.15, 0.2) is 0 Å². The monoisotopic (exact) mass is 344 g/mol. The third-order valence-electron chi connectivity index (χ3n) is 3.40. The van der Waals surface area contributed by atoms with Crippen LogP contribution in [0.15, 0.2) is 60.7 Å². The van der Waals surface area contributed by atoms with Crippen LogP contribution in [0.1, 0.15) is 16.4 Å². The lowest BCUT2D eigenvalue weighted by Crippen LogP contribution is -2.44. The van der Waals surface area contributed by atoms with Crippen LogP contribution in [0.2, 0.25) is 0 Å². The highest BCUT2D eigenvalue weighted by molar-refractivity contribution is 7.99. The summed E-state index contributed by atoms with van der Waals surface area (Å²) >= 11 is 1.57. The van der Waals surface area contributed by atoms with Crippen LogP contribution in [0.5, 0.6) is 0 Å². The average molecular weight is 344 g/mol. The number of hydrogen-bond acceptors (Lipinski definition) is 4. The van der Waals surface area contributed by atoms with E-state index in [-0.39, 0.29) is 5.25 Å². The lowest BCUT2D eigenvalue weighted by atomic mass is 10.0. The van der Waals surface area contributed by atoms with Crippen molar-refractivity contribution in [3.05, 3.63) is 71.8 Å². The summed E-state index contributed by atoms with van der Waals surface area (Å²) in [6.45, 7) is -0.419. The molecule has 1 unspecified atom stereocenters. The van der Waals surface area contributed by atoms with Gasteiger partial charge in [0.25, 0.3) is 0 Å². The van der Waals surface area contributed by atoms with Crippen LogP contribution in [0.25, 0.3) is 0 Å². The van der Waals surface area contributed by atoms with Crippen molar-refractivity contribution in [2.45, 2.75) is 11.3 Å². The number of benzene rings is 2. The number of aliphatic carboxylic acids is 1. The topological polar surface area (TPSA) is 92.4 Å². The minimum absolute atomic E-state index is 0.0609. The molecule has 0 bridgehead atoms. The quantitative estimate of drug-likeness (QED) is 0.681.